The molecule has 1 N–H and O–H groups in total. The third-order valence-corrected chi connectivity index (χ3v) is 2.14. The van der Waals surface area contributed by atoms with Gasteiger partial charge in [0.25, 0.3) is 0 Å². The Morgan fingerprint density at radius 3 is 2.58 bits per heavy atom. The quantitative estimate of drug-likeness (QED) is 0.708. The summed E-state index contributed by atoms with van der Waals surface area (Å²) in [5.74, 6) is 0. The molecule has 1 aromatic carbocycles. The van der Waals surface area contributed by atoms with Crippen molar-refractivity contribution in [2.24, 2.45) is 0 Å². The van der Waals surface area contributed by atoms with Gasteiger partial charge in [0.15, 0.2) is 0 Å². The summed E-state index contributed by atoms with van der Waals surface area (Å²) in [7, 11) is 0. The van der Waals surface area contributed by atoms with Crippen molar-refractivity contribution < 1.29 is 0 Å². The van der Waals surface area contributed by atoms with Crippen LogP contribution in [0.4, 0.5) is 0 Å². The van der Waals surface area contributed by atoms with Gasteiger partial charge in [-0.05, 0) is 12.1 Å². The Morgan fingerprint density at radius 2 is 2.00 bits per heavy atom. The molecule has 0 spiro atoms. The highest BCUT2D eigenvalue weighted by Crippen LogP contribution is 2.18. The average Bonchev–Trinajstić information content (AvgIpc) is 2.15. The average molecular weight is 184 g/mol. The largest absolute Gasteiger partial charge is 0.315 e. The maximum atomic E-state index is 6.12. The summed E-state index contributed by atoms with van der Waals surface area (Å²) < 4.78 is 0. The van der Waals surface area contributed by atoms with Gasteiger partial charge in [-0.3, -0.25) is 0 Å². The molecule has 0 bridgehead atoms. The lowest BCUT2D eigenvalue weighted by molar-refractivity contribution is 0.702. The molecule has 1 unspecified atom stereocenters. The molecule has 12 heavy (non-hydrogen) atoms. The molecule has 1 atom stereocenters. The summed E-state index contributed by atoms with van der Waals surface area (Å²) in [6.07, 6.45) is 0. The second-order valence-electron chi connectivity index (χ2n) is 2.69. The first kappa shape index (κ1) is 9.56. The topological polar surface area (TPSA) is 12.0 Å². The molecular formula is C10H14ClN. The van der Waals surface area contributed by atoms with Crippen molar-refractivity contribution in [1.29, 1.82) is 0 Å². The van der Waals surface area contributed by atoms with Crippen molar-refractivity contribution in [2.75, 3.05) is 13.1 Å². The Morgan fingerprint density at radius 1 is 1.33 bits per heavy atom. The standard InChI is InChI=1S/C10H14ClN/c1-2-12-8-10(11)9-6-4-3-5-7-9/h3-7,10,12H,2,8H2,1H3. The van der Waals surface area contributed by atoms with Gasteiger partial charge in [0.2, 0.25) is 0 Å². The highest BCUT2D eigenvalue weighted by molar-refractivity contribution is 6.21. The third-order valence-electron chi connectivity index (χ3n) is 1.73. The molecule has 0 saturated carbocycles. The van der Waals surface area contributed by atoms with E-state index in [0.29, 0.717) is 0 Å². The zero-order valence-corrected chi connectivity index (χ0v) is 8.01. The Kier molecular flexibility index (Phi) is 4.12. The van der Waals surface area contributed by atoms with E-state index in [-0.39, 0.29) is 5.38 Å². The first-order chi connectivity index (χ1) is 5.84. The number of rotatable bonds is 4. The van der Waals surface area contributed by atoms with Gasteiger partial charge < -0.3 is 5.32 Å². The van der Waals surface area contributed by atoms with E-state index in [1.807, 2.05) is 18.2 Å². The number of alkyl halides is 1. The van der Waals surface area contributed by atoms with Crippen LogP contribution in [-0.2, 0) is 0 Å². The lowest BCUT2D eigenvalue weighted by Crippen LogP contribution is -2.18. The fraction of sp³-hybridized carbons (Fsp3) is 0.400. The fourth-order valence-corrected chi connectivity index (χ4v) is 1.31. The monoisotopic (exact) mass is 183 g/mol. The molecule has 0 saturated heterocycles. The zero-order chi connectivity index (χ0) is 8.81. The van der Waals surface area contributed by atoms with Crippen molar-refractivity contribution in [3.05, 3.63) is 35.9 Å². The van der Waals surface area contributed by atoms with E-state index in [0.717, 1.165) is 13.1 Å². The maximum absolute atomic E-state index is 6.12. The summed E-state index contributed by atoms with van der Waals surface area (Å²) in [5, 5.41) is 3.30. The number of likely N-dealkylation sites (N-methyl/N-ethyl adjacent to an activating group) is 1. The Labute approximate surface area is 78.7 Å². The van der Waals surface area contributed by atoms with Crippen LogP contribution in [0.15, 0.2) is 30.3 Å². The third kappa shape index (κ3) is 2.84. The molecule has 1 nitrogen and oxygen atoms in total. The van der Waals surface area contributed by atoms with Gasteiger partial charge in [-0.15, -0.1) is 11.6 Å². The molecule has 0 aliphatic carbocycles. The van der Waals surface area contributed by atoms with E-state index in [2.05, 4.69) is 24.4 Å². The number of nitrogens with one attached hydrogen (secondary N) is 1. The predicted molar refractivity (Wildman–Crippen MR) is 53.6 cm³/mol. The Balaban J connectivity index is 2.48. The van der Waals surface area contributed by atoms with Crippen LogP contribution in [0.1, 0.15) is 17.9 Å². The molecule has 0 amide bonds. The number of hydrogen-bond acceptors (Lipinski definition) is 1. The molecule has 0 aliphatic rings. The molecule has 0 fully saturated rings. The minimum Gasteiger partial charge on any atom is -0.315 e. The van der Waals surface area contributed by atoms with Crippen LogP contribution in [0.3, 0.4) is 0 Å². The van der Waals surface area contributed by atoms with Crippen LogP contribution in [0.2, 0.25) is 0 Å². The summed E-state index contributed by atoms with van der Waals surface area (Å²) in [5.41, 5.74) is 1.18. The minimum absolute atomic E-state index is 0.0890. The SMILES string of the molecule is CCNCC(Cl)c1ccccc1. The first-order valence-corrected chi connectivity index (χ1v) is 4.68. The van der Waals surface area contributed by atoms with Crippen molar-refractivity contribution in [1.82, 2.24) is 5.32 Å². The highest BCUT2D eigenvalue weighted by Gasteiger charge is 2.04. The predicted octanol–water partition coefficient (Wildman–Crippen LogP) is 2.58. The van der Waals surface area contributed by atoms with Gasteiger partial charge in [-0.25, -0.2) is 0 Å². The van der Waals surface area contributed by atoms with E-state index >= 15 is 0 Å². The van der Waals surface area contributed by atoms with Crippen molar-refractivity contribution in [3.8, 4) is 0 Å². The van der Waals surface area contributed by atoms with E-state index in [1.165, 1.54) is 5.56 Å². The number of halogens is 1. The molecule has 0 radical (unpaired) electrons. The van der Waals surface area contributed by atoms with Crippen LogP contribution in [-0.4, -0.2) is 13.1 Å². The number of benzene rings is 1. The molecule has 0 heterocycles. The van der Waals surface area contributed by atoms with Crippen molar-refractivity contribution in [3.63, 3.8) is 0 Å². The molecule has 2 heteroatoms. The van der Waals surface area contributed by atoms with Gasteiger partial charge in [0, 0.05) is 6.54 Å². The molecule has 0 aliphatic heterocycles. The molecule has 1 rings (SSSR count). The van der Waals surface area contributed by atoms with E-state index in [4.69, 9.17) is 11.6 Å². The van der Waals surface area contributed by atoms with Gasteiger partial charge in [0.05, 0.1) is 5.38 Å². The summed E-state index contributed by atoms with van der Waals surface area (Å²) in [4.78, 5) is 0. The molecule has 0 aromatic heterocycles. The van der Waals surface area contributed by atoms with Crippen molar-refractivity contribution >= 4 is 11.6 Å². The van der Waals surface area contributed by atoms with Crippen LogP contribution in [0, 0.1) is 0 Å². The summed E-state index contributed by atoms with van der Waals surface area (Å²) >= 11 is 6.12. The van der Waals surface area contributed by atoms with Gasteiger partial charge in [-0.1, -0.05) is 37.3 Å². The molecule has 66 valence electrons. The smallest absolute Gasteiger partial charge is 0.0709 e. The van der Waals surface area contributed by atoms with E-state index < -0.39 is 0 Å². The Hall–Kier alpha value is -0.530. The fourth-order valence-electron chi connectivity index (χ4n) is 1.05. The maximum Gasteiger partial charge on any atom is 0.0709 e. The van der Waals surface area contributed by atoms with Crippen LogP contribution in [0.25, 0.3) is 0 Å². The second-order valence-corrected chi connectivity index (χ2v) is 3.21. The number of hydrogen-bond donors (Lipinski definition) is 1. The minimum atomic E-state index is 0.0890. The van der Waals surface area contributed by atoms with Crippen molar-refractivity contribution in [2.45, 2.75) is 12.3 Å². The second kappa shape index (κ2) is 5.18. The first-order valence-electron chi connectivity index (χ1n) is 4.24. The lowest BCUT2D eigenvalue weighted by atomic mass is 10.1. The van der Waals surface area contributed by atoms with E-state index in [9.17, 15) is 0 Å². The molecule has 1 aromatic rings. The summed E-state index contributed by atoms with van der Waals surface area (Å²) in [6.45, 7) is 3.88. The van der Waals surface area contributed by atoms with Crippen LogP contribution < -0.4 is 5.32 Å². The summed E-state index contributed by atoms with van der Waals surface area (Å²) in [6, 6.07) is 10.1. The van der Waals surface area contributed by atoms with Gasteiger partial charge >= 0.3 is 0 Å². The Bertz CT molecular complexity index is 210. The zero-order valence-electron chi connectivity index (χ0n) is 7.26. The van der Waals surface area contributed by atoms with Gasteiger partial charge in [0.1, 0.15) is 0 Å². The highest BCUT2D eigenvalue weighted by atomic mass is 35.5. The van der Waals surface area contributed by atoms with Gasteiger partial charge in [-0.2, -0.15) is 0 Å². The molecular weight excluding hydrogens is 170 g/mol. The van der Waals surface area contributed by atoms with Crippen LogP contribution in [0.5, 0.6) is 0 Å². The van der Waals surface area contributed by atoms with Crippen LogP contribution >= 0.6 is 11.6 Å². The lowest BCUT2D eigenvalue weighted by Gasteiger charge is -2.09. The van der Waals surface area contributed by atoms with E-state index in [1.54, 1.807) is 0 Å². The normalized spacial score (nSPS) is 12.8.